The van der Waals surface area contributed by atoms with E-state index in [0.717, 1.165) is 11.1 Å². The van der Waals surface area contributed by atoms with E-state index in [4.69, 9.17) is 18.3 Å². The first-order valence-corrected chi connectivity index (χ1v) is 19.9. The van der Waals surface area contributed by atoms with Gasteiger partial charge in [0, 0.05) is 19.3 Å². The highest BCUT2D eigenvalue weighted by molar-refractivity contribution is 6.74. The number of carbonyl (C=O) groups excluding carboxylic acids is 1. The molecule has 1 rings (SSSR count). The van der Waals surface area contributed by atoms with Gasteiger partial charge in [0.1, 0.15) is 18.3 Å². The van der Waals surface area contributed by atoms with E-state index < -0.39 is 22.7 Å². The number of rotatable bonds is 14. The molecule has 7 heteroatoms. The average molecular weight is 575 g/mol. The molecule has 1 fully saturated rings. The van der Waals surface area contributed by atoms with Crippen LogP contribution in [0.25, 0.3) is 0 Å². The molecule has 0 radical (unpaired) electrons. The van der Waals surface area contributed by atoms with E-state index in [0.29, 0.717) is 25.9 Å². The zero-order valence-corrected chi connectivity index (χ0v) is 28.8. The standard InChI is InChI=1S/C32H54O5Si2/c1-15-17-19-21-27(33)35-26(23-34-38(11,12)31(5,6)7)22-25(4)28-30(36-28)29(24(3)20-18-16-2)37-39(13,14)32(8,9)10/h26,28-30H,3-4,19-23H2,1-2,5-14H3/t26-,28+,29-,30-/m0/s1. The fourth-order valence-electron chi connectivity index (χ4n) is 3.46. The van der Waals surface area contributed by atoms with Gasteiger partial charge in [-0.1, -0.05) is 60.6 Å². The minimum Gasteiger partial charge on any atom is -0.460 e. The molecule has 0 unspecified atom stereocenters. The maximum absolute atomic E-state index is 12.6. The van der Waals surface area contributed by atoms with Crippen molar-refractivity contribution < 1.29 is 23.1 Å². The van der Waals surface area contributed by atoms with Crippen LogP contribution in [0.4, 0.5) is 0 Å². The molecule has 0 amide bonds. The molecule has 39 heavy (non-hydrogen) atoms. The van der Waals surface area contributed by atoms with Gasteiger partial charge < -0.3 is 18.3 Å². The third-order valence-electron chi connectivity index (χ3n) is 8.20. The van der Waals surface area contributed by atoms with Crippen molar-refractivity contribution in [2.75, 3.05) is 6.61 Å². The molecule has 0 saturated carbocycles. The van der Waals surface area contributed by atoms with Gasteiger partial charge >= 0.3 is 5.97 Å². The Kier molecular flexibility index (Phi) is 13.0. The molecule has 5 nitrogen and oxygen atoms in total. The molecule has 0 aliphatic carbocycles. The van der Waals surface area contributed by atoms with Crippen LogP contribution in [0, 0.1) is 23.7 Å². The summed E-state index contributed by atoms with van der Waals surface area (Å²) in [4.78, 5) is 12.6. The zero-order valence-electron chi connectivity index (χ0n) is 26.8. The van der Waals surface area contributed by atoms with Gasteiger partial charge in [-0.2, -0.15) is 0 Å². The maximum Gasteiger partial charge on any atom is 0.307 e. The normalized spacial score (nSPS) is 19.1. The van der Waals surface area contributed by atoms with Crippen LogP contribution in [0.1, 0.15) is 81.1 Å². The zero-order chi connectivity index (χ0) is 30.2. The summed E-state index contributed by atoms with van der Waals surface area (Å²) in [5, 5.41) is 0.0991. The van der Waals surface area contributed by atoms with Crippen molar-refractivity contribution in [3.05, 3.63) is 24.3 Å². The number of epoxide rings is 1. The summed E-state index contributed by atoms with van der Waals surface area (Å²) in [6.45, 7) is 34.7. The lowest BCUT2D eigenvalue weighted by Crippen LogP contribution is -2.46. The fraction of sp³-hybridized carbons (Fsp3) is 0.719. The molecule has 0 bridgehead atoms. The first kappa shape index (κ1) is 35.4. The predicted molar refractivity (Wildman–Crippen MR) is 167 cm³/mol. The van der Waals surface area contributed by atoms with Crippen molar-refractivity contribution in [3.8, 4) is 23.7 Å². The molecule has 0 aromatic rings. The number of hydrogen-bond donors (Lipinski definition) is 0. The van der Waals surface area contributed by atoms with Gasteiger partial charge in [-0.05, 0) is 61.3 Å². The lowest BCUT2D eigenvalue weighted by molar-refractivity contribution is -0.150. The Labute approximate surface area is 241 Å². The first-order valence-electron chi connectivity index (χ1n) is 14.1. The second kappa shape index (κ2) is 14.3. The molecule has 1 aliphatic rings. The molecule has 0 aromatic heterocycles. The van der Waals surface area contributed by atoms with Crippen LogP contribution in [0.2, 0.25) is 36.3 Å². The monoisotopic (exact) mass is 574 g/mol. The molecule has 220 valence electrons. The van der Waals surface area contributed by atoms with Crippen molar-refractivity contribution in [1.82, 2.24) is 0 Å². The van der Waals surface area contributed by atoms with Gasteiger partial charge in [0.25, 0.3) is 0 Å². The molecule has 1 aliphatic heterocycles. The predicted octanol–water partition coefficient (Wildman–Crippen LogP) is 7.80. The van der Waals surface area contributed by atoms with E-state index in [-0.39, 0.29) is 40.8 Å². The molecule has 1 heterocycles. The number of hydrogen-bond acceptors (Lipinski definition) is 5. The van der Waals surface area contributed by atoms with Crippen molar-refractivity contribution >= 4 is 22.6 Å². The van der Waals surface area contributed by atoms with Crippen LogP contribution in [0.15, 0.2) is 24.3 Å². The minimum atomic E-state index is -2.09. The SMILES string of the molecule is C=C(C[C@@H](CO[Si](C)(C)C(C)(C)C)OC(=O)CCC#CC)[C@H]1O[C@@H]1[C@@H](O[Si](C)(C)C(C)(C)C)C(=C)CC#CC. The van der Waals surface area contributed by atoms with Gasteiger partial charge in [0.15, 0.2) is 16.6 Å². The third kappa shape index (κ3) is 11.1. The maximum atomic E-state index is 12.6. The van der Waals surface area contributed by atoms with Crippen LogP contribution in [0.5, 0.6) is 0 Å². The Balaban J connectivity index is 3.05. The van der Waals surface area contributed by atoms with Crippen molar-refractivity contribution in [2.45, 2.75) is 142 Å². The largest absolute Gasteiger partial charge is 0.460 e. The molecule has 1 saturated heterocycles. The molecular weight excluding hydrogens is 521 g/mol. The molecule has 0 N–H and O–H groups in total. The number of esters is 1. The second-order valence-electron chi connectivity index (χ2n) is 13.6. The van der Waals surface area contributed by atoms with E-state index in [1.165, 1.54) is 0 Å². The van der Waals surface area contributed by atoms with E-state index in [9.17, 15) is 4.79 Å². The number of ether oxygens (including phenoxy) is 2. The lowest BCUT2D eigenvalue weighted by Gasteiger charge is -2.39. The second-order valence-corrected chi connectivity index (χ2v) is 23.1. The van der Waals surface area contributed by atoms with Crippen LogP contribution in [-0.2, 0) is 23.1 Å². The minimum absolute atomic E-state index is 0.0475. The van der Waals surface area contributed by atoms with Gasteiger partial charge in [-0.25, -0.2) is 0 Å². The van der Waals surface area contributed by atoms with Crippen LogP contribution in [-0.4, -0.2) is 53.6 Å². The van der Waals surface area contributed by atoms with Crippen molar-refractivity contribution in [1.29, 1.82) is 0 Å². The third-order valence-corrected chi connectivity index (χ3v) is 17.2. The summed E-state index contributed by atoms with van der Waals surface area (Å²) in [7, 11) is -4.12. The van der Waals surface area contributed by atoms with E-state index in [2.05, 4.69) is 105 Å². The van der Waals surface area contributed by atoms with E-state index in [1.54, 1.807) is 6.92 Å². The van der Waals surface area contributed by atoms with Gasteiger partial charge in [-0.15, -0.1) is 17.8 Å². The Hall–Kier alpha value is -1.62. The Bertz CT molecular complexity index is 992. The highest BCUT2D eigenvalue weighted by Gasteiger charge is 2.51. The lowest BCUT2D eigenvalue weighted by atomic mass is 9.98. The summed E-state index contributed by atoms with van der Waals surface area (Å²) in [5.41, 5.74) is 1.80. The van der Waals surface area contributed by atoms with Crippen LogP contribution in [0.3, 0.4) is 0 Å². The first-order chi connectivity index (χ1) is 17.8. The quantitative estimate of drug-likeness (QED) is 0.0696. The summed E-state index contributed by atoms with van der Waals surface area (Å²) in [6, 6.07) is 0. The molecular formula is C32H54O5Si2. The van der Waals surface area contributed by atoms with Crippen molar-refractivity contribution in [3.63, 3.8) is 0 Å². The summed E-state index contributed by atoms with van der Waals surface area (Å²) in [6.07, 6.45) is 0.715. The summed E-state index contributed by atoms with van der Waals surface area (Å²) >= 11 is 0. The highest BCUT2D eigenvalue weighted by Crippen LogP contribution is 2.43. The topological polar surface area (TPSA) is 57.3 Å². The fourth-order valence-corrected chi connectivity index (χ4v) is 5.78. The molecule has 0 aromatic carbocycles. The van der Waals surface area contributed by atoms with Gasteiger partial charge in [-0.3, -0.25) is 4.79 Å². The average Bonchev–Trinajstić information content (AvgIpc) is 3.59. The summed E-state index contributed by atoms with van der Waals surface area (Å²) in [5.74, 6) is 11.6. The van der Waals surface area contributed by atoms with Gasteiger partial charge in [0.05, 0.1) is 19.1 Å². The van der Waals surface area contributed by atoms with Gasteiger partial charge in [0.2, 0.25) is 0 Å². The Morgan fingerprint density at radius 3 is 2.03 bits per heavy atom. The Morgan fingerprint density at radius 1 is 0.949 bits per heavy atom. The number of carbonyl (C=O) groups is 1. The Morgan fingerprint density at radius 2 is 1.51 bits per heavy atom. The van der Waals surface area contributed by atoms with E-state index in [1.807, 2.05) is 6.92 Å². The molecule has 4 atom stereocenters. The highest BCUT2D eigenvalue weighted by atomic mass is 28.4. The van der Waals surface area contributed by atoms with Crippen molar-refractivity contribution in [2.24, 2.45) is 0 Å². The van der Waals surface area contributed by atoms with Crippen LogP contribution < -0.4 is 0 Å². The smallest absolute Gasteiger partial charge is 0.307 e. The molecule has 0 spiro atoms. The van der Waals surface area contributed by atoms with E-state index >= 15 is 0 Å². The van der Waals surface area contributed by atoms with Crippen LogP contribution >= 0.6 is 0 Å². The summed E-state index contributed by atoms with van der Waals surface area (Å²) < 4.78 is 25.3.